The van der Waals surface area contributed by atoms with E-state index in [1.165, 1.54) is 0 Å². The van der Waals surface area contributed by atoms with Crippen LogP contribution in [-0.2, 0) is 4.79 Å². The highest BCUT2D eigenvalue weighted by Crippen LogP contribution is 2.21. The van der Waals surface area contributed by atoms with Crippen molar-refractivity contribution >= 4 is 23.4 Å². The molecule has 3 aromatic carbocycles. The van der Waals surface area contributed by atoms with Crippen molar-refractivity contribution in [3.05, 3.63) is 107 Å². The molecule has 0 atom stereocenters. The molecule has 0 aliphatic heterocycles. The van der Waals surface area contributed by atoms with E-state index in [1.807, 2.05) is 60.7 Å². The Kier molecular flexibility index (Phi) is 6.23. The highest BCUT2D eigenvalue weighted by atomic mass is 35.5. The summed E-state index contributed by atoms with van der Waals surface area (Å²) in [5.74, 6) is -0.667. The van der Waals surface area contributed by atoms with E-state index in [0.717, 1.165) is 11.1 Å². The highest BCUT2D eigenvalue weighted by molar-refractivity contribution is 6.33. The largest absolute Gasteiger partial charge is 0.344 e. The summed E-state index contributed by atoms with van der Waals surface area (Å²) in [6, 6.07) is 25.8. The summed E-state index contributed by atoms with van der Waals surface area (Å²) < 4.78 is 0. The lowest BCUT2D eigenvalue weighted by Gasteiger charge is -2.20. The molecule has 0 spiro atoms. The molecule has 3 rings (SSSR count). The first-order valence-corrected chi connectivity index (χ1v) is 8.95. The summed E-state index contributed by atoms with van der Waals surface area (Å²) in [4.78, 5) is 24.7. The van der Waals surface area contributed by atoms with Gasteiger partial charge in [-0.1, -0.05) is 84.4 Å². The van der Waals surface area contributed by atoms with Crippen LogP contribution in [-0.4, -0.2) is 18.4 Å². The molecule has 2 N–H and O–H groups in total. The zero-order chi connectivity index (χ0) is 19.1. The van der Waals surface area contributed by atoms with E-state index in [9.17, 15) is 9.59 Å². The number of nitrogens with one attached hydrogen (secondary N) is 2. The van der Waals surface area contributed by atoms with Crippen molar-refractivity contribution in [2.24, 2.45) is 0 Å². The molecule has 0 aliphatic rings. The van der Waals surface area contributed by atoms with Gasteiger partial charge in [-0.2, -0.15) is 0 Å². The Morgan fingerprint density at radius 2 is 1.30 bits per heavy atom. The van der Waals surface area contributed by atoms with E-state index in [2.05, 4.69) is 10.6 Å². The standard InChI is InChI=1S/C22H19ClN2O2/c23-19-14-8-7-13-18(19)22(27)24-15-20(26)25-21(16-9-3-1-4-10-16)17-11-5-2-6-12-17/h1-14,21H,15H2,(H,24,27)(H,25,26). The van der Waals surface area contributed by atoms with Gasteiger partial charge in [-0.25, -0.2) is 0 Å². The molecule has 5 heteroatoms. The summed E-state index contributed by atoms with van der Waals surface area (Å²) in [6.07, 6.45) is 0. The topological polar surface area (TPSA) is 58.2 Å². The average Bonchev–Trinajstić information content (AvgIpc) is 2.72. The van der Waals surface area contributed by atoms with Crippen LogP contribution in [0.5, 0.6) is 0 Å². The summed E-state index contributed by atoms with van der Waals surface area (Å²) in [6.45, 7) is -0.139. The number of rotatable bonds is 6. The first-order chi connectivity index (χ1) is 13.1. The summed E-state index contributed by atoms with van der Waals surface area (Å²) in [5.41, 5.74) is 2.28. The Bertz CT molecular complexity index is 874. The lowest BCUT2D eigenvalue weighted by atomic mass is 9.99. The van der Waals surface area contributed by atoms with Gasteiger partial charge in [0.15, 0.2) is 0 Å². The van der Waals surface area contributed by atoms with E-state index in [4.69, 9.17) is 11.6 Å². The number of hydrogen-bond acceptors (Lipinski definition) is 2. The maximum Gasteiger partial charge on any atom is 0.253 e. The summed E-state index contributed by atoms with van der Waals surface area (Å²) in [7, 11) is 0. The van der Waals surface area contributed by atoms with Crippen LogP contribution < -0.4 is 10.6 Å². The van der Waals surface area contributed by atoms with E-state index >= 15 is 0 Å². The van der Waals surface area contributed by atoms with Gasteiger partial charge in [0.05, 0.1) is 23.2 Å². The summed E-state index contributed by atoms with van der Waals surface area (Å²) in [5, 5.41) is 5.95. The molecule has 0 saturated carbocycles. The van der Waals surface area contributed by atoms with Crippen molar-refractivity contribution in [2.45, 2.75) is 6.04 Å². The van der Waals surface area contributed by atoms with Crippen LogP contribution in [0.3, 0.4) is 0 Å². The van der Waals surface area contributed by atoms with E-state index < -0.39 is 0 Å². The fourth-order valence-corrected chi connectivity index (χ4v) is 2.98. The zero-order valence-electron chi connectivity index (χ0n) is 14.6. The van der Waals surface area contributed by atoms with Crippen LogP contribution in [0.1, 0.15) is 27.5 Å². The smallest absolute Gasteiger partial charge is 0.253 e. The lowest BCUT2D eigenvalue weighted by molar-refractivity contribution is -0.120. The molecule has 0 fully saturated rings. The number of benzene rings is 3. The summed E-state index contributed by atoms with van der Waals surface area (Å²) >= 11 is 6.02. The van der Waals surface area contributed by atoms with Crippen LogP contribution in [0.4, 0.5) is 0 Å². The van der Waals surface area contributed by atoms with Gasteiger partial charge in [0.25, 0.3) is 5.91 Å². The Morgan fingerprint density at radius 3 is 1.85 bits per heavy atom. The van der Waals surface area contributed by atoms with E-state index in [0.29, 0.717) is 10.6 Å². The molecule has 2 amide bonds. The highest BCUT2D eigenvalue weighted by Gasteiger charge is 2.17. The average molecular weight is 379 g/mol. The third-order valence-corrected chi connectivity index (χ3v) is 4.43. The molecule has 0 aliphatic carbocycles. The molecule has 136 valence electrons. The van der Waals surface area contributed by atoms with Crippen molar-refractivity contribution in [3.63, 3.8) is 0 Å². The van der Waals surface area contributed by atoms with Gasteiger partial charge in [0.1, 0.15) is 0 Å². The van der Waals surface area contributed by atoms with Gasteiger partial charge in [-0.15, -0.1) is 0 Å². The lowest BCUT2D eigenvalue weighted by Crippen LogP contribution is -2.39. The number of halogens is 1. The molecule has 0 bridgehead atoms. The third-order valence-electron chi connectivity index (χ3n) is 4.10. The minimum absolute atomic E-state index is 0.139. The molecule has 4 nitrogen and oxygen atoms in total. The van der Waals surface area contributed by atoms with Crippen molar-refractivity contribution < 1.29 is 9.59 Å². The SMILES string of the molecule is O=C(CNC(=O)c1ccccc1Cl)NC(c1ccccc1)c1ccccc1. The van der Waals surface area contributed by atoms with Crippen LogP contribution in [0.2, 0.25) is 5.02 Å². The van der Waals surface area contributed by atoms with Crippen molar-refractivity contribution in [3.8, 4) is 0 Å². The Morgan fingerprint density at radius 1 is 0.778 bits per heavy atom. The monoisotopic (exact) mass is 378 g/mol. The maximum atomic E-state index is 12.5. The Hall–Kier alpha value is -3.11. The Balaban J connectivity index is 1.68. The second-order valence-electron chi connectivity index (χ2n) is 5.98. The Labute approximate surface area is 163 Å². The minimum Gasteiger partial charge on any atom is -0.344 e. The van der Waals surface area contributed by atoms with Gasteiger partial charge >= 0.3 is 0 Å². The van der Waals surface area contributed by atoms with Gasteiger partial charge in [-0.05, 0) is 23.3 Å². The van der Waals surface area contributed by atoms with Crippen molar-refractivity contribution in [1.82, 2.24) is 10.6 Å². The van der Waals surface area contributed by atoms with Gasteiger partial charge in [0, 0.05) is 0 Å². The van der Waals surface area contributed by atoms with Crippen LogP contribution in [0.15, 0.2) is 84.9 Å². The third kappa shape index (κ3) is 4.96. The predicted octanol–water partition coefficient (Wildman–Crippen LogP) is 3.98. The zero-order valence-corrected chi connectivity index (χ0v) is 15.3. The molecule has 0 heterocycles. The maximum absolute atomic E-state index is 12.5. The van der Waals surface area contributed by atoms with Crippen LogP contribution >= 0.6 is 11.6 Å². The molecule has 3 aromatic rings. The van der Waals surface area contributed by atoms with Crippen molar-refractivity contribution in [1.29, 1.82) is 0 Å². The van der Waals surface area contributed by atoms with Gasteiger partial charge in [0.2, 0.25) is 5.91 Å². The van der Waals surface area contributed by atoms with Gasteiger partial charge in [-0.3, -0.25) is 9.59 Å². The van der Waals surface area contributed by atoms with Crippen LogP contribution in [0, 0.1) is 0 Å². The quantitative estimate of drug-likeness (QED) is 0.681. The molecule has 0 aromatic heterocycles. The fourth-order valence-electron chi connectivity index (χ4n) is 2.76. The van der Waals surface area contributed by atoms with E-state index in [-0.39, 0.29) is 24.4 Å². The number of hydrogen-bond donors (Lipinski definition) is 2. The first kappa shape index (κ1) is 18.7. The van der Waals surface area contributed by atoms with Crippen LogP contribution in [0.25, 0.3) is 0 Å². The molecule has 0 radical (unpaired) electrons. The fraction of sp³-hybridized carbons (Fsp3) is 0.0909. The molecule has 0 unspecified atom stereocenters. The number of amides is 2. The second kappa shape index (κ2) is 9.01. The normalized spacial score (nSPS) is 10.4. The molecular weight excluding hydrogens is 360 g/mol. The first-order valence-electron chi connectivity index (χ1n) is 8.57. The molecule has 0 saturated heterocycles. The molecular formula is C22H19ClN2O2. The second-order valence-corrected chi connectivity index (χ2v) is 6.39. The molecule has 27 heavy (non-hydrogen) atoms. The number of carbonyl (C=O) groups is 2. The van der Waals surface area contributed by atoms with Gasteiger partial charge < -0.3 is 10.6 Å². The number of carbonyl (C=O) groups excluding carboxylic acids is 2. The van der Waals surface area contributed by atoms with E-state index in [1.54, 1.807) is 24.3 Å². The minimum atomic E-state index is -0.383. The van der Waals surface area contributed by atoms with Crippen molar-refractivity contribution in [2.75, 3.05) is 6.54 Å². The predicted molar refractivity (Wildman–Crippen MR) is 107 cm³/mol.